The van der Waals surface area contributed by atoms with Crippen molar-refractivity contribution < 1.29 is 46.2 Å². The third-order valence-corrected chi connectivity index (χ3v) is 11.0. The molecule has 3 N–H and O–H groups in total. The molecule has 1 aromatic heterocycles. The second-order valence-corrected chi connectivity index (χ2v) is 17.4. The van der Waals surface area contributed by atoms with Crippen LogP contribution >= 0.6 is 0 Å². The van der Waals surface area contributed by atoms with Crippen LogP contribution in [-0.2, 0) is 29.1 Å². The highest BCUT2D eigenvalue weighted by molar-refractivity contribution is 7.91. The molecule has 278 valence electrons. The van der Waals surface area contributed by atoms with Crippen LogP contribution < -0.4 is 24.8 Å². The van der Waals surface area contributed by atoms with E-state index in [9.17, 15) is 32.0 Å². The maximum absolute atomic E-state index is 14.8. The van der Waals surface area contributed by atoms with E-state index in [1.165, 1.54) is 36.4 Å². The number of aromatic nitrogens is 1. The minimum Gasteiger partial charge on any atom is -0.494 e. The number of likely N-dealkylation sites (tertiary alicyclic amines) is 1. The fourth-order valence-corrected chi connectivity index (χ4v) is 7.55. The van der Waals surface area contributed by atoms with Crippen LogP contribution in [-0.4, -0.2) is 90.3 Å². The first-order chi connectivity index (χ1) is 23.7. The lowest BCUT2D eigenvalue weighted by molar-refractivity contribution is -0.143. The molecule has 2 heterocycles. The number of halogens is 1. The number of hydrogen-bond acceptors (Lipinski definition) is 10. The largest absolute Gasteiger partial charge is 0.494 e. The molecule has 1 aromatic carbocycles. The number of carbonyl (C=O) groups is 4. The van der Waals surface area contributed by atoms with Gasteiger partial charge in [-0.3, -0.25) is 19.1 Å². The summed E-state index contributed by atoms with van der Waals surface area (Å²) in [6.07, 6.45) is 2.16. The lowest BCUT2D eigenvalue weighted by Crippen LogP contribution is -2.60. The topological polar surface area (TPSA) is 182 Å². The Labute approximate surface area is 296 Å². The highest BCUT2D eigenvalue weighted by atomic mass is 32.2. The normalized spacial score (nSPS) is 23.9. The average Bonchev–Trinajstić information content (AvgIpc) is 3.95. The van der Waals surface area contributed by atoms with Gasteiger partial charge in [-0.25, -0.2) is 22.6 Å². The molecule has 16 heteroatoms. The molecule has 2 aromatic rings. The first-order valence-electron chi connectivity index (χ1n) is 16.8. The number of nitrogens with zero attached hydrogens (tertiary/aromatic N) is 2. The van der Waals surface area contributed by atoms with Gasteiger partial charge in [-0.2, -0.15) is 0 Å². The standard InChI is InChI=1S/C35H46FN5O9S/c1-9-20-17-35(20,31(44)40-51(46,47)22-10-11-22)39-28(42)25-15-21(49-29-23-16-24(36)26(48-8)14-19(23)12-13-37-29)18-41(25)30(43)27(33(2,3)4)38-32(45)50-34(5,6)7/h9,12-14,16,20-22,25,27H,1,10-11,15,17-18H2,2-8H3,(H,38,45)(H,39,42)(H,40,44)/t20-,21-,25+,27-,35-/m1/s1. The smallest absolute Gasteiger partial charge is 0.408 e. The Morgan fingerprint density at radius 3 is 2.39 bits per heavy atom. The van der Waals surface area contributed by atoms with E-state index in [0.717, 1.165) is 0 Å². The predicted octanol–water partition coefficient (Wildman–Crippen LogP) is 3.34. The van der Waals surface area contributed by atoms with E-state index in [0.29, 0.717) is 23.6 Å². The lowest BCUT2D eigenvalue weighted by Gasteiger charge is -2.36. The number of pyridine rings is 1. The van der Waals surface area contributed by atoms with Crippen molar-refractivity contribution in [2.75, 3.05) is 13.7 Å². The lowest BCUT2D eigenvalue weighted by atomic mass is 9.85. The van der Waals surface area contributed by atoms with E-state index in [2.05, 4.69) is 26.9 Å². The van der Waals surface area contributed by atoms with Crippen molar-refractivity contribution in [3.63, 3.8) is 0 Å². The van der Waals surface area contributed by atoms with E-state index >= 15 is 0 Å². The summed E-state index contributed by atoms with van der Waals surface area (Å²) < 4.78 is 58.9. The molecular weight excluding hydrogens is 685 g/mol. The molecule has 1 saturated heterocycles. The Balaban J connectivity index is 1.46. The summed E-state index contributed by atoms with van der Waals surface area (Å²) in [5, 5.41) is 5.63. The number of sulfonamides is 1. The van der Waals surface area contributed by atoms with Crippen LogP contribution in [0.4, 0.5) is 9.18 Å². The third-order valence-electron chi connectivity index (χ3n) is 9.15. The van der Waals surface area contributed by atoms with Gasteiger partial charge in [-0.1, -0.05) is 26.8 Å². The minimum absolute atomic E-state index is 0.0283. The van der Waals surface area contributed by atoms with Crippen LogP contribution in [0, 0.1) is 17.2 Å². The fourth-order valence-electron chi connectivity index (χ4n) is 6.19. The van der Waals surface area contributed by atoms with Crippen LogP contribution in [0.25, 0.3) is 10.8 Å². The summed E-state index contributed by atoms with van der Waals surface area (Å²) in [5.74, 6) is -3.35. The molecule has 51 heavy (non-hydrogen) atoms. The van der Waals surface area contributed by atoms with Crippen molar-refractivity contribution in [3.8, 4) is 11.6 Å². The van der Waals surface area contributed by atoms with Crippen molar-refractivity contribution in [1.29, 1.82) is 0 Å². The zero-order chi connectivity index (χ0) is 37.7. The van der Waals surface area contributed by atoms with Gasteiger partial charge in [0, 0.05) is 23.9 Å². The van der Waals surface area contributed by atoms with Crippen molar-refractivity contribution in [3.05, 3.63) is 42.9 Å². The molecule has 2 saturated carbocycles. The van der Waals surface area contributed by atoms with Crippen LogP contribution in [0.3, 0.4) is 0 Å². The summed E-state index contributed by atoms with van der Waals surface area (Å²) in [5.41, 5.74) is -3.31. The van der Waals surface area contributed by atoms with E-state index in [1.807, 2.05) is 0 Å². The van der Waals surface area contributed by atoms with Gasteiger partial charge >= 0.3 is 6.09 Å². The second-order valence-electron chi connectivity index (χ2n) is 15.4. The average molecular weight is 732 g/mol. The molecule has 14 nitrogen and oxygen atoms in total. The highest BCUT2D eigenvalue weighted by Gasteiger charge is 2.62. The Kier molecular flexibility index (Phi) is 10.1. The number of rotatable bonds is 11. The first kappa shape index (κ1) is 37.8. The summed E-state index contributed by atoms with van der Waals surface area (Å²) in [6, 6.07) is 1.98. The number of amides is 4. The van der Waals surface area contributed by atoms with Gasteiger partial charge in [-0.05, 0) is 69.0 Å². The molecule has 5 atom stereocenters. The predicted molar refractivity (Wildman–Crippen MR) is 185 cm³/mol. The van der Waals surface area contributed by atoms with Crippen molar-refractivity contribution in [2.45, 2.75) is 102 Å². The van der Waals surface area contributed by atoms with Gasteiger partial charge in [0.15, 0.2) is 11.6 Å². The minimum atomic E-state index is -3.92. The highest BCUT2D eigenvalue weighted by Crippen LogP contribution is 2.45. The molecule has 5 rings (SSSR count). The number of ether oxygens (including phenoxy) is 3. The summed E-state index contributed by atoms with van der Waals surface area (Å²) in [7, 11) is -2.58. The van der Waals surface area contributed by atoms with E-state index in [1.54, 1.807) is 47.6 Å². The van der Waals surface area contributed by atoms with Crippen LogP contribution in [0.15, 0.2) is 37.1 Å². The molecule has 0 radical (unpaired) electrons. The molecule has 0 unspecified atom stereocenters. The number of carbonyl (C=O) groups excluding carboxylic acids is 4. The Morgan fingerprint density at radius 2 is 1.82 bits per heavy atom. The van der Waals surface area contributed by atoms with Crippen molar-refractivity contribution in [2.24, 2.45) is 11.3 Å². The zero-order valence-electron chi connectivity index (χ0n) is 29.9. The van der Waals surface area contributed by atoms with E-state index in [-0.39, 0.29) is 31.0 Å². The monoisotopic (exact) mass is 731 g/mol. The maximum Gasteiger partial charge on any atom is 0.408 e. The van der Waals surface area contributed by atoms with Gasteiger partial charge in [-0.15, -0.1) is 6.58 Å². The molecular formula is C35H46FN5O9S. The number of hydrogen-bond donors (Lipinski definition) is 3. The molecule has 3 aliphatic rings. The van der Waals surface area contributed by atoms with Gasteiger partial charge in [0.2, 0.25) is 27.7 Å². The SMILES string of the molecule is C=C[C@@H]1C[C@]1(NC(=O)[C@@H]1C[C@@H](Oc2nccc3cc(OC)c(F)cc23)CN1C(=O)[C@@H](NC(=O)OC(C)(C)C)C(C)(C)C)C(=O)NS(=O)(=O)C1CC1. The summed E-state index contributed by atoms with van der Waals surface area (Å²) in [6.45, 7) is 13.9. The quantitative estimate of drug-likeness (QED) is 0.290. The number of fused-ring (bicyclic) bond motifs is 1. The molecule has 1 aliphatic heterocycles. The maximum atomic E-state index is 14.8. The van der Waals surface area contributed by atoms with E-state index < -0.39 is 85.6 Å². The number of methoxy groups -OCH3 is 1. The fraction of sp³-hybridized carbons (Fsp3) is 0.571. The number of alkyl carbamates (subject to hydrolysis) is 1. The van der Waals surface area contributed by atoms with Crippen LogP contribution in [0.5, 0.6) is 11.6 Å². The number of benzene rings is 1. The van der Waals surface area contributed by atoms with Crippen LogP contribution in [0.1, 0.15) is 67.2 Å². The molecule has 2 aliphatic carbocycles. The van der Waals surface area contributed by atoms with E-state index in [4.69, 9.17) is 14.2 Å². The summed E-state index contributed by atoms with van der Waals surface area (Å²) in [4.78, 5) is 60.5. The second kappa shape index (κ2) is 13.6. The molecule has 0 bridgehead atoms. The zero-order valence-corrected chi connectivity index (χ0v) is 30.7. The molecule has 4 amide bonds. The van der Waals surface area contributed by atoms with Gasteiger partial charge in [0.25, 0.3) is 5.91 Å². The van der Waals surface area contributed by atoms with Crippen molar-refractivity contribution in [1.82, 2.24) is 25.2 Å². The Morgan fingerprint density at radius 1 is 1.14 bits per heavy atom. The van der Waals surface area contributed by atoms with Gasteiger partial charge < -0.3 is 29.7 Å². The Bertz CT molecular complexity index is 1850. The third kappa shape index (κ3) is 8.21. The summed E-state index contributed by atoms with van der Waals surface area (Å²) >= 11 is 0. The van der Waals surface area contributed by atoms with Gasteiger partial charge in [0.05, 0.1) is 18.9 Å². The molecule has 0 spiro atoms. The first-order valence-corrected chi connectivity index (χ1v) is 18.3. The Hall–Kier alpha value is -4.47. The van der Waals surface area contributed by atoms with Crippen molar-refractivity contribution >= 4 is 44.6 Å². The number of nitrogens with one attached hydrogen (secondary N) is 3. The molecule has 3 fully saturated rings. The van der Waals surface area contributed by atoms with Crippen LogP contribution in [0.2, 0.25) is 0 Å². The van der Waals surface area contributed by atoms with Gasteiger partial charge in [0.1, 0.15) is 29.3 Å².